The molecular weight excluding hydrogens is 433 g/mol. The number of anilines is 1. The molecule has 29 heavy (non-hydrogen) atoms. The molecule has 0 aliphatic carbocycles. The lowest BCUT2D eigenvalue weighted by Crippen LogP contribution is -2.37. The summed E-state index contributed by atoms with van der Waals surface area (Å²) in [4.78, 5) is 16.4. The highest BCUT2D eigenvalue weighted by atomic mass is 35.5. The van der Waals surface area contributed by atoms with E-state index in [4.69, 9.17) is 23.2 Å². The lowest BCUT2D eigenvalue weighted by molar-refractivity contribution is -0.116. The van der Waals surface area contributed by atoms with Crippen LogP contribution in [0.5, 0.6) is 0 Å². The Morgan fingerprint density at radius 2 is 1.59 bits per heavy atom. The second-order valence-corrected chi connectivity index (χ2v) is 8.95. The summed E-state index contributed by atoms with van der Waals surface area (Å²) in [6.45, 7) is -0.370. The van der Waals surface area contributed by atoms with Crippen molar-refractivity contribution in [1.82, 2.24) is 9.29 Å². The van der Waals surface area contributed by atoms with Gasteiger partial charge in [0.1, 0.15) is 4.90 Å². The highest BCUT2D eigenvalue weighted by molar-refractivity contribution is 7.89. The van der Waals surface area contributed by atoms with Crippen LogP contribution in [0.2, 0.25) is 10.0 Å². The first-order chi connectivity index (χ1) is 13.8. The molecule has 1 amide bonds. The van der Waals surface area contributed by atoms with Gasteiger partial charge in [-0.2, -0.15) is 4.31 Å². The van der Waals surface area contributed by atoms with Gasteiger partial charge < -0.3 is 5.32 Å². The molecule has 150 valence electrons. The van der Waals surface area contributed by atoms with Gasteiger partial charge in [-0.15, -0.1) is 0 Å². The first-order valence-electron chi connectivity index (χ1n) is 8.54. The molecule has 2 aromatic carbocycles. The summed E-state index contributed by atoms with van der Waals surface area (Å²) < 4.78 is 27.3. The van der Waals surface area contributed by atoms with Crippen LogP contribution in [0.1, 0.15) is 5.56 Å². The zero-order valence-electron chi connectivity index (χ0n) is 15.1. The van der Waals surface area contributed by atoms with E-state index in [0.717, 1.165) is 4.31 Å². The van der Waals surface area contributed by atoms with Crippen molar-refractivity contribution in [1.29, 1.82) is 0 Å². The first-order valence-corrected chi connectivity index (χ1v) is 10.7. The topological polar surface area (TPSA) is 79.4 Å². The van der Waals surface area contributed by atoms with Crippen LogP contribution in [0.3, 0.4) is 0 Å². The van der Waals surface area contributed by atoms with Gasteiger partial charge in [-0.3, -0.25) is 9.78 Å². The normalized spacial score (nSPS) is 11.4. The Hall–Kier alpha value is -2.45. The maximum absolute atomic E-state index is 13.1. The summed E-state index contributed by atoms with van der Waals surface area (Å²) in [5, 5.41) is 3.75. The Bertz CT molecular complexity index is 1070. The zero-order valence-corrected chi connectivity index (χ0v) is 17.5. The fourth-order valence-corrected chi connectivity index (χ4v) is 4.16. The van der Waals surface area contributed by atoms with Crippen LogP contribution in [-0.4, -0.2) is 30.2 Å². The van der Waals surface area contributed by atoms with Crippen molar-refractivity contribution in [2.45, 2.75) is 11.4 Å². The lowest BCUT2D eigenvalue weighted by atomic mass is 10.2. The summed E-state index contributed by atoms with van der Waals surface area (Å²) in [5.41, 5.74) is 1.21. The van der Waals surface area contributed by atoms with E-state index in [0.29, 0.717) is 21.3 Å². The van der Waals surface area contributed by atoms with Crippen molar-refractivity contribution in [3.05, 3.63) is 88.7 Å². The van der Waals surface area contributed by atoms with E-state index in [1.54, 1.807) is 48.5 Å². The van der Waals surface area contributed by atoms with E-state index in [2.05, 4.69) is 10.3 Å². The number of carbonyl (C=O) groups excluding carboxylic acids is 1. The minimum Gasteiger partial charge on any atom is -0.325 e. The van der Waals surface area contributed by atoms with Gasteiger partial charge in [-0.1, -0.05) is 35.3 Å². The van der Waals surface area contributed by atoms with E-state index in [9.17, 15) is 13.2 Å². The molecule has 0 spiro atoms. The number of pyridine rings is 1. The summed E-state index contributed by atoms with van der Waals surface area (Å²) in [6, 6.07) is 16.3. The molecule has 1 aromatic heterocycles. The van der Waals surface area contributed by atoms with Crippen molar-refractivity contribution in [2.24, 2.45) is 0 Å². The van der Waals surface area contributed by atoms with Crippen LogP contribution in [0.15, 0.2) is 78.0 Å². The fraction of sp³-hybridized carbons (Fsp3) is 0.100. The van der Waals surface area contributed by atoms with Gasteiger partial charge in [-0.05, 0) is 54.1 Å². The van der Waals surface area contributed by atoms with Gasteiger partial charge in [0.05, 0.1) is 6.54 Å². The number of carbonyl (C=O) groups is 1. The predicted molar refractivity (Wildman–Crippen MR) is 113 cm³/mol. The molecule has 0 atom stereocenters. The van der Waals surface area contributed by atoms with E-state index < -0.39 is 15.9 Å². The maximum Gasteiger partial charge on any atom is 0.245 e. The van der Waals surface area contributed by atoms with E-state index in [1.165, 1.54) is 24.5 Å². The number of hydrogen-bond donors (Lipinski definition) is 1. The smallest absolute Gasteiger partial charge is 0.245 e. The number of halogens is 2. The van der Waals surface area contributed by atoms with Crippen LogP contribution in [0.25, 0.3) is 0 Å². The molecule has 0 saturated carbocycles. The predicted octanol–water partition coefficient (Wildman–Crippen LogP) is 4.22. The Labute approximate surface area is 179 Å². The highest BCUT2D eigenvalue weighted by Crippen LogP contribution is 2.19. The van der Waals surface area contributed by atoms with Crippen LogP contribution in [0, 0.1) is 0 Å². The molecule has 1 heterocycles. The molecule has 0 unspecified atom stereocenters. The molecule has 0 saturated heterocycles. The monoisotopic (exact) mass is 449 g/mol. The number of nitrogens with one attached hydrogen (secondary N) is 1. The second-order valence-electron chi connectivity index (χ2n) is 6.14. The molecule has 0 fully saturated rings. The average molecular weight is 450 g/mol. The van der Waals surface area contributed by atoms with Gasteiger partial charge in [0.2, 0.25) is 15.9 Å². The maximum atomic E-state index is 13.1. The summed E-state index contributed by atoms with van der Waals surface area (Å²) in [7, 11) is -3.95. The molecular formula is C20H17Cl2N3O3S. The van der Waals surface area contributed by atoms with E-state index in [-0.39, 0.29) is 18.0 Å². The molecule has 6 nitrogen and oxygen atoms in total. The third-order valence-corrected chi connectivity index (χ3v) is 6.27. The minimum atomic E-state index is -3.95. The van der Waals surface area contributed by atoms with Crippen LogP contribution < -0.4 is 5.32 Å². The largest absolute Gasteiger partial charge is 0.325 e. The van der Waals surface area contributed by atoms with E-state index >= 15 is 0 Å². The summed E-state index contributed by atoms with van der Waals surface area (Å²) >= 11 is 11.8. The Morgan fingerprint density at radius 3 is 2.17 bits per heavy atom. The summed E-state index contributed by atoms with van der Waals surface area (Å²) in [6.07, 6.45) is 2.73. The molecule has 0 aliphatic rings. The summed E-state index contributed by atoms with van der Waals surface area (Å²) in [5.74, 6) is -0.478. The van der Waals surface area contributed by atoms with Gasteiger partial charge in [-0.25, -0.2) is 8.42 Å². The number of benzene rings is 2. The Balaban J connectivity index is 1.84. The average Bonchev–Trinajstić information content (AvgIpc) is 2.71. The Kier molecular flexibility index (Phi) is 6.87. The third-order valence-electron chi connectivity index (χ3n) is 3.99. The molecule has 0 radical (unpaired) electrons. The minimum absolute atomic E-state index is 0.00242. The second kappa shape index (κ2) is 9.37. The third kappa shape index (κ3) is 5.77. The number of hydrogen-bond acceptors (Lipinski definition) is 4. The van der Waals surface area contributed by atoms with Gasteiger partial charge in [0.25, 0.3) is 0 Å². The van der Waals surface area contributed by atoms with Crippen molar-refractivity contribution in [2.75, 3.05) is 11.9 Å². The van der Waals surface area contributed by atoms with Gasteiger partial charge in [0, 0.05) is 34.7 Å². The molecule has 3 rings (SSSR count). The lowest BCUT2D eigenvalue weighted by Gasteiger charge is -2.22. The molecule has 0 bridgehead atoms. The number of amides is 1. The van der Waals surface area contributed by atoms with E-state index in [1.807, 2.05) is 0 Å². The molecule has 1 N–H and O–H groups in total. The standard InChI is InChI=1S/C20H17Cl2N3O3S/c21-16-5-3-15(4-6-16)13-25(29(27,28)19-2-1-11-23-12-19)14-20(26)24-18-9-7-17(22)8-10-18/h1-12H,13-14H2,(H,24,26). The van der Waals surface area contributed by atoms with Crippen molar-refractivity contribution < 1.29 is 13.2 Å². The fourth-order valence-electron chi connectivity index (χ4n) is 2.56. The van der Waals surface area contributed by atoms with Crippen molar-refractivity contribution in [3.63, 3.8) is 0 Å². The van der Waals surface area contributed by atoms with Crippen LogP contribution in [-0.2, 0) is 21.4 Å². The van der Waals surface area contributed by atoms with Gasteiger partial charge >= 0.3 is 0 Å². The molecule has 0 aliphatic heterocycles. The molecule has 9 heteroatoms. The number of aromatic nitrogens is 1. The number of rotatable bonds is 7. The van der Waals surface area contributed by atoms with Crippen molar-refractivity contribution in [3.8, 4) is 0 Å². The molecule has 3 aromatic rings. The number of sulfonamides is 1. The quantitative estimate of drug-likeness (QED) is 0.585. The van der Waals surface area contributed by atoms with Crippen LogP contribution in [0.4, 0.5) is 5.69 Å². The number of nitrogens with zero attached hydrogens (tertiary/aromatic N) is 2. The Morgan fingerprint density at radius 1 is 0.966 bits per heavy atom. The zero-order chi connectivity index (χ0) is 20.9. The SMILES string of the molecule is O=C(CN(Cc1ccc(Cl)cc1)S(=O)(=O)c1cccnc1)Nc1ccc(Cl)cc1. The van der Waals surface area contributed by atoms with Gasteiger partial charge in [0.15, 0.2) is 0 Å². The van der Waals surface area contributed by atoms with Crippen molar-refractivity contribution >= 4 is 44.8 Å². The first kappa shape index (κ1) is 21.3. The van der Waals surface area contributed by atoms with Crippen LogP contribution >= 0.6 is 23.2 Å². The highest BCUT2D eigenvalue weighted by Gasteiger charge is 2.27.